The summed E-state index contributed by atoms with van der Waals surface area (Å²) < 4.78 is 199. The van der Waals surface area contributed by atoms with Crippen molar-refractivity contribution in [3.63, 3.8) is 0 Å². The highest BCUT2D eigenvalue weighted by atomic mass is 16.8. The van der Waals surface area contributed by atoms with Gasteiger partial charge >= 0.3 is 0 Å². The van der Waals surface area contributed by atoms with Gasteiger partial charge in [-0.15, -0.1) is 0 Å². The van der Waals surface area contributed by atoms with E-state index in [-0.39, 0.29) is 52.5 Å². The van der Waals surface area contributed by atoms with Crippen molar-refractivity contribution in [3.8, 4) is 0 Å². The average Bonchev–Trinajstić information content (AvgIpc) is 0.843. The van der Waals surface area contributed by atoms with Gasteiger partial charge in [-0.05, 0) is 6.92 Å². The van der Waals surface area contributed by atoms with Crippen LogP contribution in [0.4, 0.5) is 0 Å². The van der Waals surface area contributed by atoms with E-state index >= 15 is 0 Å². The molecule has 21 saturated heterocycles. The van der Waals surface area contributed by atoms with Crippen LogP contribution < -0.4 is 0 Å². The Kier molecular flexibility index (Phi) is 30.1. The first-order valence-electron chi connectivity index (χ1n) is 30.7. The second-order valence-electron chi connectivity index (χ2n) is 23.2. The molecule has 18 unspecified atom stereocenters. The fraction of sp³-hybridized carbons (Fsp3) is 1.00. The Morgan fingerprint density at radius 3 is 0.800 bits per heavy atom. The number of ether oxygens (including phenoxy) is 31. The Morgan fingerprint density at radius 1 is 0.233 bits per heavy atom. The largest absolute Gasteiger partial charge is 0.382 e. The van der Waals surface area contributed by atoms with Gasteiger partial charge in [-0.2, -0.15) is 0 Å². The van der Waals surface area contributed by atoms with Crippen LogP contribution in [0.15, 0.2) is 0 Å². The smallest absolute Gasteiger partial charge is 0.187 e. The third kappa shape index (κ3) is 16.8. The molecule has 21 aliphatic rings. The molecule has 0 aromatic heterocycles. The van der Waals surface area contributed by atoms with Crippen molar-refractivity contribution >= 4 is 0 Å². The summed E-state index contributed by atoms with van der Waals surface area (Å²) in [6, 6.07) is 0. The summed E-state index contributed by atoms with van der Waals surface area (Å²) in [5.41, 5.74) is 0. The van der Waals surface area contributed by atoms with Crippen LogP contribution in [0.2, 0.25) is 0 Å². The summed E-state index contributed by atoms with van der Waals surface area (Å²) in [5, 5.41) is 0. The lowest BCUT2D eigenvalue weighted by atomic mass is 9.94. The number of hydrogen-bond donors (Lipinski definition) is 0. The van der Waals surface area contributed by atoms with Gasteiger partial charge in [0.15, 0.2) is 44.0 Å². The summed E-state index contributed by atoms with van der Waals surface area (Å²) in [7, 11) is 26.3. The van der Waals surface area contributed by atoms with Crippen LogP contribution in [0.5, 0.6) is 0 Å². The quantitative estimate of drug-likeness (QED) is 0.130. The van der Waals surface area contributed by atoms with Crippen molar-refractivity contribution in [2.75, 3.05) is 161 Å². The molecule has 0 radical (unpaired) electrons. The van der Waals surface area contributed by atoms with E-state index in [1.54, 1.807) is 64.0 Å². The van der Waals surface area contributed by atoms with Crippen molar-refractivity contribution in [2.45, 2.75) is 223 Å². The fourth-order valence-electron chi connectivity index (χ4n) is 13.8. The molecule has 0 N–H and O–H groups in total. The Morgan fingerprint density at radius 2 is 0.500 bits per heavy atom. The van der Waals surface area contributed by atoms with Gasteiger partial charge in [-0.1, -0.05) is 0 Å². The van der Waals surface area contributed by atoms with Gasteiger partial charge in [0.05, 0.1) is 64.1 Å². The van der Waals surface area contributed by atoms with Gasteiger partial charge in [0, 0.05) is 140 Å². The predicted molar refractivity (Wildman–Crippen MR) is 304 cm³/mol. The molecule has 21 rings (SSSR count). The van der Waals surface area contributed by atoms with Crippen molar-refractivity contribution in [2.24, 2.45) is 0 Å². The van der Waals surface area contributed by atoms with E-state index in [2.05, 4.69) is 0 Å². The molecule has 0 aliphatic carbocycles. The van der Waals surface area contributed by atoms with Gasteiger partial charge in [-0.3, -0.25) is 0 Å². The Bertz CT molecular complexity index is 2010. The van der Waals surface area contributed by atoms with Crippen LogP contribution in [0.1, 0.15) is 26.2 Å². The molecule has 0 amide bonds. The molecule has 90 heavy (non-hydrogen) atoms. The third-order valence-corrected chi connectivity index (χ3v) is 18.1. The minimum absolute atomic E-state index is 0.00323. The molecule has 0 aromatic carbocycles. The van der Waals surface area contributed by atoms with Crippen LogP contribution in [0.3, 0.4) is 0 Å². The van der Waals surface area contributed by atoms with Crippen LogP contribution in [0, 0.1) is 0 Å². The van der Waals surface area contributed by atoms with Gasteiger partial charge < -0.3 is 147 Å². The maximum Gasteiger partial charge on any atom is 0.187 e. The molecule has 0 aromatic rings. The first kappa shape index (κ1) is 74.5. The maximum absolute atomic E-state index is 7.00. The monoisotopic (exact) mass is 1310 g/mol. The highest BCUT2D eigenvalue weighted by Gasteiger charge is 2.60. The lowest BCUT2D eigenvalue weighted by Gasteiger charge is -2.52. The van der Waals surface area contributed by atoms with Crippen LogP contribution in [0.25, 0.3) is 0 Å². The molecular weight excluding hydrogens is 1200 g/mol. The second kappa shape index (κ2) is 36.4. The zero-order valence-corrected chi connectivity index (χ0v) is 55.5. The van der Waals surface area contributed by atoms with Crippen molar-refractivity contribution in [1.82, 2.24) is 0 Å². The highest BCUT2D eigenvalue weighted by Crippen LogP contribution is 2.42. The van der Waals surface area contributed by atoms with Crippen molar-refractivity contribution < 1.29 is 147 Å². The average molecular weight is 1310 g/mol. The predicted octanol–water partition coefficient (Wildman–Crippen LogP) is 0.00430. The van der Waals surface area contributed by atoms with Gasteiger partial charge in [0.2, 0.25) is 0 Å². The highest BCUT2D eigenvalue weighted by molar-refractivity contribution is 5.02. The first-order chi connectivity index (χ1) is 43.8. The molecule has 0 spiro atoms. The van der Waals surface area contributed by atoms with E-state index in [1.165, 1.54) is 56.9 Å². The molecule has 32 atom stereocenters. The Balaban J connectivity index is 1.17. The van der Waals surface area contributed by atoms with Crippen molar-refractivity contribution in [1.29, 1.82) is 0 Å². The van der Waals surface area contributed by atoms with E-state index in [9.17, 15) is 0 Å². The minimum atomic E-state index is -1.18. The van der Waals surface area contributed by atoms with E-state index in [1.807, 2.05) is 6.92 Å². The molecule has 31 nitrogen and oxygen atoms in total. The topological polar surface area (TPSA) is 286 Å². The molecule has 21 aliphatic heterocycles. The van der Waals surface area contributed by atoms with Crippen LogP contribution in [-0.2, 0) is 147 Å². The van der Waals surface area contributed by atoms with Gasteiger partial charge in [0.25, 0.3) is 0 Å². The first-order valence-corrected chi connectivity index (χ1v) is 30.7. The second-order valence-corrected chi connectivity index (χ2v) is 23.2. The van der Waals surface area contributed by atoms with Crippen LogP contribution >= 0.6 is 0 Å². The van der Waals surface area contributed by atoms with E-state index in [0.29, 0.717) is 6.42 Å². The Hall–Kier alpha value is -1.24. The van der Waals surface area contributed by atoms with Gasteiger partial charge in [-0.25, -0.2) is 0 Å². The zero-order valence-electron chi connectivity index (χ0n) is 55.5. The summed E-state index contributed by atoms with van der Waals surface area (Å²) in [6.07, 6.45) is -26.8. The maximum atomic E-state index is 7.00. The summed E-state index contributed by atoms with van der Waals surface area (Å²) in [6.45, 7) is 2.17. The zero-order chi connectivity index (χ0) is 64.8. The van der Waals surface area contributed by atoms with E-state index < -0.39 is 197 Å². The summed E-state index contributed by atoms with van der Waals surface area (Å²) in [4.78, 5) is 0. The molecule has 31 heteroatoms. The standard InChI is InChI=1S/C59H104O31/c1-28-41-31(66-8)21-40(77-28)78-29-19-32(67-9)54(80-34(29)22-60-2)79-30-20-33(68-10)55(81-35(30)23-61-3)87-42-36(24-62-4)83-57(51(74-16)46(42)69-11)89-44-38(26-64-6)85-59(53(76-18)48(44)71-13)90-45-39(27-65-7)84-58(52(75-17)49(45)72-14)88-43-37(25-63-5)82-56(86-41)50(73-15)47(43)70-12/h28-59H,19-27H2,1-18H3/t28?,29-,30-,31?,32?,33?,34?,35?,36?,37?,38?,39?,40-,41+,42+,43+,44+,45+,46?,47?,48?,49?,50?,51?,52?,53?,54+,55-,56-,57-,58+,59+/m0/s1. The molecule has 21 fully saturated rings. The number of methoxy groups -OCH3 is 17. The van der Waals surface area contributed by atoms with Crippen LogP contribution in [-0.4, -0.2) is 357 Å². The van der Waals surface area contributed by atoms with Gasteiger partial charge in [0.1, 0.15) is 128 Å². The molecule has 526 valence electrons. The number of rotatable bonds is 23. The third-order valence-electron chi connectivity index (χ3n) is 18.1. The van der Waals surface area contributed by atoms with Crippen molar-refractivity contribution in [3.05, 3.63) is 0 Å². The molecule has 21 heterocycles. The lowest BCUT2D eigenvalue weighted by Crippen LogP contribution is -2.69. The normalized spacial score (nSPS) is 46.6. The summed E-state index contributed by atoms with van der Waals surface area (Å²) >= 11 is 0. The Labute approximate surface area is 528 Å². The fourth-order valence-corrected chi connectivity index (χ4v) is 13.8. The molecular formula is C59H104O31. The van der Waals surface area contributed by atoms with E-state index in [4.69, 9.17) is 147 Å². The summed E-state index contributed by atoms with van der Waals surface area (Å²) in [5.74, 6) is 0. The lowest BCUT2D eigenvalue weighted by molar-refractivity contribution is -0.400. The molecule has 0 saturated carbocycles. The number of hydrogen-bond acceptors (Lipinski definition) is 31. The molecule has 14 bridgehead atoms. The minimum Gasteiger partial charge on any atom is -0.382 e. The van der Waals surface area contributed by atoms with E-state index in [0.717, 1.165) is 0 Å². The SMILES string of the molecule is COCC1O[C@H]2O[C@@H]3C(COC)O[C@H](O[C@@H]4C(COC)O[C@H](O[C@@H]5C(COC)O[C@@H](O[C@@H]6C(C)O[C@H](CC6OC)O[C@H]6CC(OC)[C@@H](OC6COC)O[C@H]6CC(OC)[C@@H](OC6COC)O[C@H]1C(OC)C2OC)C(OC)C5OC)C(OC)C4OC)C(OC)C3OC.